The molecule has 1 fully saturated rings. The standard InChI is InChI=1S/C50H92NO13P/c1-3-5-7-8-9-10-11-12-13-14-15-16-17-18-19-20-21-22-23-24-30-34-49(56)64-42(39-62-65(59,60)63-40-45(51)50(57)58)38-61-48(55)33-29-26-25-28-32-43-44(47(54)37-46(43)53)36-35-41(52)31-27-6-4-2/h35-36,41-45,47,52,54H,3-34,37-40,51H2,1-2H3,(H,57,58)(H,59,60)/b36-35+/t41-,42+,43+,44+,45-,47+/m0/s1. The largest absolute Gasteiger partial charge is 0.480 e. The predicted octanol–water partition coefficient (Wildman–Crippen LogP) is 11.0. The molecule has 0 aliphatic heterocycles. The number of carboxylic acids is 1. The molecule has 7 atom stereocenters. The van der Waals surface area contributed by atoms with Crippen LogP contribution in [-0.4, -0.2) is 88.1 Å². The van der Waals surface area contributed by atoms with Crippen molar-refractivity contribution >= 4 is 31.5 Å². The number of hydrogen-bond donors (Lipinski definition) is 5. The number of carbonyl (C=O) groups excluding carboxylic acids is 3. The lowest BCUT2D eigenvalue weighted by molar-refractivity contribution is -0.161. The van der Waals surface area contributed by atoms with E-state index in [1.54, 1.807) is 12.2 Å². The lowest BCUT2D eigenvalue weighted by atomic mass is 9.88. The summed E-state index contributed by atoms with van der Waals surface area (Å²) < 4.78 is 32.8. The van der Waals surface area contributed by atoms with E-state index in [-0.39, 0.29) is 36.9 Å². The first-order chi connectivity index (χ1) is 31.3. The molecule has 0 heterocycles. The number of aliphatic hydroxyl groups excluding tert-OH is 2. The van der Waals surface area contributed by atoms with Crippen LogP contribution in [0.4, 0.5) is 0 Å². The molecular formula is C50H92NO13P. The molecule has 15 heteroatoms. The molecule has 6 N–H and O–H groups in total. The fourth-order valence-electron chi connectivity index (χ4n) is 8.32. The van der Waals surface area contributed by atoms with Gasteiger partial charge in [-0.05, 0) is 25.7 Å². The Kier molecular flexibility index (Phi) is 37.2. The van der Waals surface area contributed by atoms with E-state index in [0.717, 1.165) is 51.4 Å². The average molecular weight is 946 g/mol. The van der Waals surface area contributed by atoms with E-state index in [1.165, 1.54) is 109 Å². The second-order valence-corrected chi connectivity index (χ2v) is 19.9. The number of Topliss-reactive ketones (excluding diaryl/α,β-unsaturated/α-hetero) is 1. The quantitative estimate of drug-likeness (QED) is 0.0166. The average Bonchev–Trinajstić information content (AvgIpc) is 3.54. The fourth-order valence-corrected chi connectivity index (χ4v) is 9.09. The Morgan fingerprint density at radius 2 is 1.12 bits per heavy atom. The molecule has 0 aromatic heterocycles. The number of nitrogens with two attached hydrogens (primary N) is 1. The molecule has 0 aromatic carbocycles. The minimum Gasteiger partial charge on any atom is -0.480 e. The zero-order valence-corrected chi connectivity index (χ0v) is 41.5. The van der Waals surface area contributed by atoms with Gasteiger partial charge in [0.2, 0.25) is 0 Å². The van der Waals surface area contributed by atoms with Gasteiger partial charge in [-0.25, -0.2) is 4.57 Å². The number of esters is 2. The second-order valence-electron chi connectivity index (χ2n) is 18.4. The van der Waals surface area contributed by atoms with Crippen LogP contribution < -0.4 is 5.73 Å². The van der Waals surface area contributed by atoms with Crippen molar-refractivity contribution in [1.82, 2.24) is 0 Å². The molecule has 1 aliphatic carbocycles. The highest BCUT2D eigenvalue weighted by Crippen LogP contribution is 2.43. The van der Waals surface area contributed by atoms with Crippen molar-refractivity contribution in [2.24, 2.45) is 17.6 Å². The maximum Gasteiger partial charge on any atom is 0.472 e. The SMILES string of the molecule is CCCCCCCCCCCCCCCCCCCCCCCC(=O)O[C@H](COC(=O)CCCCCC[C@H]1C(=O)C[C@@H](O)[C@@H]1/C=C/[C@@H](O)CCCCC)COP(=O)(O)OC[C@H](N)C(=O)O. The highest BCUT2D eigenvalue weighted by Gasteiger charge is 2.39. The molecule has 1 unspecified atom stereocenters. The van der Waals surface area contributed by atoms with Gasteiger partial charge in [0.1, 0.15) is 18.4 Å². The van der Waals surface area contributed by atoms with Crippen molar-refractivity contribution in [2.45, 2.75) is 250 Å². The topological polar surface area (TPSA) is 229 Å². The Labute approximate surface area is 392 Å². The normalized spacial score (nSPS) is 18.7. The molecule has 65 heavy (non-hydrogen) atoms. The van der Waals surface area contributed by atoms with Crippen LogP contribution in [0.2, 0.25) is 0 Å². The molecule has 0 aromatic rings. The van der Waals surface area contributed by atoms with Gasteiger partial charge in [0.25, 0.3) is 0 Å². The van der Waals surface area contributed by atoms with Gasteiger partial charge in [-0.15, -0.1) is 0 Å². The third-order valence-corrected chi connectivity index (χ3v) is 13.4. The monoisotopic (exact) mass is 946 g/mol. The Balaban J connectivity index is 2.35. The number of phosphoric ester groups is 1. The second kappa shape index (κ2) is 39.8. The van der Waals surface area contributed by atoms with E-state index in [0.29, 0.717) is 32.1 Å². The van der Waals surface area contributed by atoms with Gasteiger partial charge >= 0.3 is 25.7 Å². The van der Waals surface area contributed by atoms with Gasteiger partial charge in [-0.2, -0.15) is 0 Å². The van der Waals surface area contributed by atoms with Gasteiger partial charge in [0.15, 0.2) is 6.10 Å². The van der Waals surface area contributed by atoms with Crippen LogP contribution in [0.25, 0.3) is 0 Å². The van der Waals surface area contributed by atoms with Crippen molar-refractivity contribution in [1.29, 1.82) is 0 Å². The highest BCUT2D eigenvalue weighted by molar-refractivity contribution is 7.47. The number of ketones is 1. The summed E-state index contributed by atoms with van der Waals surface area (Å²) in [6.07, 6.45) is 34.6. The van der Waals surface area contributed by atoms with Crippen molar-refractivity contribution < 1.29 is 62.5 Å². The van der Waals surface area contributed by atoms with Crippen LogP contribution in [0.15, 0.2) is 12.2 Å². The van der Waals surface area contributed by atoms with Gasteiger partial charge in [-0.1, -0.05) is 193 Å². The van der Waals surface area contributed by atoms with E-state index < -0.39 is 69.9 Å². The number of phosphoric acid groups is 1. The summed E-state index contributed by atoms with van der Waals surface area (Å²) in [6, 6.07) is -1.56. The van der Waals surface area contributed by atoms with Gasteiger partial charge in [-0.3, -0.25) is 28.2 Å². The third kappa shape index (κ3) is 33.9. The summed E-state index contributed by atoms with van der Waals surface area (Å²) >= 11 is 0. The van der Waals surface area contributed by atoms with Crippen LogP contribution >= 0.6 is 7.82 Å². The first-order valence-electron chi connectivity index (χ1n) is 25.8. The van der Waals surface area contributed by atoms with E-state index >= 15 is 0 Å². The molecule has 0 radical (unpaired) electrons. The number of unbranched alkanes of at least 4 members (excludes halogenated alkanes) is 25. The maximum atomic E-state index is 12.7. The smallest absolute Gasteiger partial charge is 0.472 e. The first-order valence-corrected chi connectivity index (χ1v) is 27.3. The number of carboxylic acid groups (broad SMARTS) is 1. The molecule has 1 rings (SSSR count). The number of aliphatic hydroxyl groups is 2. The van der Waals surface area contributed by atoms with Crippen molar-refractivity contribution in [2.75, 3.05) is 19.8 Å². The lowest BCUT2D eigenvalue weighted by Crippen LogP contribution is -2.34. The first kappa shape index (κ1) is 60.8. The Hall–Kier alpha value is -2.19. The maximum absolute atomic E-state index is 12.7. The number of carbonyl (C=O) groups is 4. The summed E-state index contributed by atoms with van der Waals surface area (Å²) in [6.45, 7) is 2.51. The summed E-state index contributed by atoms with van der Waals surface area (Å²) in [5.41, 5.74) is 5.35. The van der Waals surface area contributed by atoms with Crippen LogP contribution in [-0.2, 0) is 42.3 Å². The Morgan fingerprint density at radius 1 is 0.677 bits per heavy atom. The van der Waals surface area contributed by atoms with Crippen molar-refractivity contribution in [3.05, 3.63) is 12.2 Å². The molecule has 1 saturated carbocycles. The molecule has 1 aliphatic rings. The van der Waals surface area contributed by atoms with Crippen LogP contribution in [0.5, 0.6) is 0 Å². The molecular weight excluding hydrogens is 854 g/mol. The Morgan fingerprint density at radius 3 is 1.63 bits per heavy atom. The molecule has 14 nitrogen and oxygen atoms in total. The van der Waals surface area contributed by atoms with Crippen LogP contribution in [0, 0.1) is 11.8 Å². The van der Waals surface area contributed by atoms with Crippen LogP contribution in [0.3, 0.4) is 0 Å². The van der Waals surface area contributed by atoms with E-state index in [9.17, 15) is 38.8 Å². The zero-order chi connectivity index (χ0) is 48.0. The molecule has 380 valence electrons. The number of rotatable bonds is 45. The molecule has 0 spiro atoms. The summed E-state index contributed by atoms with van der Waals surface area (Å²) in [7, 11) is -4.78. The fraction of sp³-hybridized carbons (Fsp3) is 0.880. The van der Waals surface area contributed by atoms with E-state index in [1.807, 2.05) is 0 Å². The molecule has 0 saturated heterocycles. The number of hydrogen-bond acceptors (Lipinski definition) is 12. The zero-order valence-electron chi connectivity index (χ0n) is 40.6. The number of ether oxygens (including phenoxy) is 2. The highest BCUT2D eigenvalue weighted by atomic mass is 31.2. The summed E-state index contributed by atoms with van der Waals surface area (Å²) in [5.74, 6) is -3.14. The molecule has 0 amide bonds. The molecule has 0 bridgehead atoms. The van der Waals surface area contributed by atoms with Crippen molar-refractivity contribution in [3.8, 4) is 0 Å². The minimum absolute atomic E-state index is 0.0271. The van der Waals surface area contributed by atoms with E-state index in [2.05, 4.69) is 18.4 Å². The third-order valence-electron chi connectivity index (χ3n) is 12.4. The van der Waals surface area contributed by atoms with Gasteiger partial charge in [0.05, 0.1) is 25.4 Å². The van der Waals surface area contributed by atoms with Crippen LogP contribution in [0.1, 0.15) is 226 Å². The lowest BCUT2D eigenvalue weighted by Gasteiger charge is -2.20. The van der Waals surface area contributed by atoms with E-state index in [4.69, 9.17) is 24.8 Å². The summed E-state index contributed by atoms with van der Waals surface area (Å²) in [4.78, 5) is 59.0. The minimum atomic E-state index is -4.78. The van der Waals surface area contributed by atoms with Crippen molar-refractivity contribution in [3.63, 3.8) is 0 Å². The Bertz CT molecular complexity index is 1320. The van der Waals surface area contributed by atoms with Gasteiger partial charge < -0.3 is 35.4 Å². The summed E-state index contributed by atoms with van der Waals surface area (Å²) in [5, 5.41) is 29.7. The van der Waals surface area contributed by atoms with Gasteiger partial charge in [0, 0.05) is 31.1 Å². The number of aliphatic carboxylic acids is 1. The predicted molar refractivity (Wildman–Crippen MR) is 255 cm³/mol.